The summed E-state index contributed by atoms with van der Waals surface area (Å²) in [7, 11) is -2.24. The highest BCUT2D eigenvalue weighted by molar-refractivity contribution is 7.93. The summed E-state index contributed by atoms with van der Waals surface area (Å²) >= 11 is 0. The highest BCUT2D eigenvalue weighted by Gasteiger charge is 2.47. The van der Waals surface area contributed by atoms with Crippen LogP contribution in [0.4, 0.5) is 0 Å². The SMILES string of the molecule is CC(C)N=S1(=O)CC(C)(C)C2=C(N(C(C)C)NN2)C(C)(C)C1. The molecule has 2 heterocycles. The third-order valence-electron chi connectivity index (χ3n) is 4.19. The summed E-state index contributed by atoms with van der Waals surface area (Å²) in [5.41, 5.74) is 8.65. The van der Waals surface area contributed by atoms with Crippen molar-refractivity contribution in [1.82, 2.24) is 16.0 Å². The summed E-state index contributed by atoms with van der Waals surface area (Å²) in [4.78, 5) is 0. The van der Waals surface area contributed by atoms with Gasteiger partial charge in [0.2, 0.25) is 0 Å². The van der Waals surface area contributed by atoms with Gasteiger partial charge in [-0.3, -0.25) is 5.01 Å². The second-order valence-corrected chi connectivity index (χ2v) is 10.8. The van der Waals surface area contributed by atoms with Crippen molar-refractivity contribution >= 4 is 9.73 Å². The zero-order valence-corrected chi connectivity index (χ0v) is 16.1. The highest BCUT2D eigenvalue weighted by atomic mass is 32.2. The van der Waals surface area contributed by atoms with E-state index in [1.165, 1.54) is 5.70 Å². The Bertz CT molecular complexity index is 595. The molecule has 0 aromatic carbocycles. The topological polar surface area (TPSA) is 56.7 Å². The molecule has 0 fully saturated rings. The van der Waals surface area contributed by atoms with E-state index in [0.717, 1.165) is 5.70 Å². The van der Waals surface area contributed by atoms with Crippen LogP contribution in [0.25, 0.3) is 0 Å². The Kier molecular flexibility index (Phi) is 4.33. The summed E-state index contributed by atoms with van der Waals surface area (Å²) in [5.74, 6) is 1.20. The van der Waals surface area contributed by atoms with Crippen molar-refractivity contribution in [1.29, 1.82) is 0 Å². The van der Waals surface area contributed by atoms with Gasteiger partial charge in [0.05, 0.1) is 17.4 Å². The van der Waals surface area contributed by atoms with E-state index in [1.54, 1.807) is 0 Å². The van der Waals surface area contributed by atoms with E-state index in [2.05, 4.69) is 61.9 Å². The van der Waals surface area contributed by atoms with Gasteiger partial charge in [0, 0.05) is 38.1 Å². The molecule has 1 atom stereocenters. The van der Waals surface area contributed by atoms with Crippen molar-refractivity contribution < 1.29 is 4.21 Å². The van der Waals surface area contributed by atoms with Crippen LogP contribution in [0, 0.1) is 10.8 Å². The fraction of sp³-hybridized carbons (Fsp3) is 0.875. The van der Waals surface area contributed by atoms with E-state index in [0.29, 0.717) is 17.5 Å². The molecule has 6 heteroatoms. The maximum absolute atomic E-state index is 13.5. The van der Waals surface area contributed by atoms with E-state index < -0.39 is 9.73 Å². The number of rotatable bonds is 2. The lowest BCUT2D eigenvalue weighted by molar-refractivity contribution is 0.166. The maximum atomic E-state index is 13.5. The van der Waals surface area contributed by atoms with Gasteiger partial charge in [0.1, 0.15) is 0 Å². The number of hydrazine groups is 2. The lowest BCUT2D eigenvalue weighted by Crippen LogP contribution is -2.46. The fourth-order valence-electron chi connectivity index (χ4n) is 3.67. The van der Waals surface area contributed by atoms with Crippen LogP contribution in [0.2, 0.25) is 0 Å². The third kappa shape index (κ3) is 3.13. The smallest absolute Gasteiger partial charge is 0.0589 e. The molecule has 0 bridgehead atoms. The molecule has 0 spiro atoms. The summed E-state index contributed by atoms with van der Waals surface area (Å²) in [6.45, 7) is 17.0. The number of allylic oxidation sites excluding steroid dienone is 2. The van der Waals surface area contributed by atoms with Gasteiger partial charge >= 0.3 is 0 Å². The van der Waals surface area contributed by atoms with Crippen molar-refractivity contribution in [3.63, 3.8) is 0 Å². The van der Waals surface area contributed by atoms with Crippen LogP contribution >= 0.6 is 0 Å². The van der Waals surface area contributed by atoms with E-state index in [-0.39, 0.29) is 16.9 Å². The van der Waals surface area contributed by atoms with Crippen molar-refractivity contribution in [2.24, 2.45) is 15.2 Å². The molecular weight excluding hydrogens is 296 g/mol. The molecule has 0 aromatic rings. The Morgan fingerprint density at radius 2 is 1.64 bits per heavy atom. The van der Waals surface area contributed by atoms with E-state index in [1.807, 2.05) is 13.8 Å². The molecule has 1 unspecified atom stereocenters. The summed E-state index contributed by atoms with van der Waals surface area (Å²) in [6.07, 6.45) is 0. The Morgan fingerprint density at radius 1 is 1.09 bits per heavy atom. The second kappa shape index (κ2) is 5.41. The molecule has 2 aliphatic rings. The first-order chi connectivity index (χ1) is 9.88. The highest BCUT2D eigenvalue weighted by Crippen LogP contribution is 2.45. The van der Waals surface area contributed by atoms with Crippen LogP contribution in [0.15, 0.2) is 15.8 Å². The van der Waals surface area contributed by atoms with E-state index in [9.17, 15) is 4.21 Å². The lowest BCUT2D eigenvalue weighted by Gasteiger charge is -2.35. The first-order valence-electron chi connectivity index (χ1n) is 8.16. The van der Waals surface area contributed by atoms with Crippen molar-refractivity contribution in [2.45, 2.75) is 67.5 Å². The summed E-state index contributed by atoms with van der Waals surface area (Å²) in [6, 6.07) is 0.422. The molecule has 0 aromatic heterocycles. The molecule has 0 amide bonds. The first-order valence-corrected chi connectivity index (χ1v) is 10.0. The van der Waals surface area contributed by atoms with E-state index in [4.69, 9.17) is 0 Å². The van der Waals surface area contributed by atoms with Crippen LogP contribution in [0.3, 0.4) is 0 Å². The molecule has 2 N–H and O–H groups in total. The predicted molar refractivity (Wildman–Crippen MR) is 93.3 cm³/mol. The first kappa shape index (κ1) is 17.6. The number of nitrogens with one attached hydrogen (secondary N) is 2. The minimum Gasteiger partial charge on any atom is -0.306 e. The van der Waals surface area contributed by atoms with E-state index >= 15 is 0 Å². The van der Waals surface area contributed by atoms with Crippen LogP contribution in [-0.4, -0.2) is 32.8 Å². The largest absolute Gasteiger partial charge is 0.306 e. The van der Waals surface area contributed by atoms with Crippen LogP contribution in [0.5, 0.6) is 0 Å². The standard InChI is InChI=1S/C16H32N4OS/c1-11(2)18-22(21)9-15(5,6)13-14(16(7,8)10-22)20(12(3)4)19-17-13/h11-12,17,19H,9-10H2,1-8H3. The Balaban J connectivity index is 2.61. The number of hydrogen-bond donors (Lipinski definition) is 2. The Labute approximate surface area is 136 Å². The Morgan fingerprint density at radius 3 is 2.14 bits per heavy atom. The molecule has 0 saturated heterocycles. The normalized spacial score (nSPS) is 30.4. The maximum Gasteiger partial charge on any atom is 0.0589 e. The molecular formula is C16H32N4OS. The monoisotopic (exact) mass is 328 g/mol. The zero-order chi connectivity index (χ0) is 16.9. The van der Waals surface area contributed by atoms with Gasteiger partial charge in [0.25, 0.3) is 0 Å². The molecule has 0 radical (unpaired) electrons. The van der Waals surface area contributed by atoms with Gasteiger partial charge in [-0.15, -0.1) is 5.53 Å². The van der Waals surface area contributed by atoms with Gasteiger partial charge in [-0.25, -0.2) is 8.57 Å². The Hall–Kier alpha value is -0.750. The molecule has 22 heavy (non-hydrogen) atoms. The minimum atomic E-state index is -2.24. The predicted octanol–water partition coefficient (Wildman–Crippen LogP) is 2.87. The number of hydrogen-bond acceptors (Lipinski definition) is 5. The molecule has 0 aliphatic carbocycles. The molecule has 0 saturated carbocycles. The third-order valence-corrected chi connectivity index (χ3v) is 7.34. The molecule has 2 rings (SSSR count). The quantitative estimate of drug-likeness (QED) is 0.818. The average molecular weight is 329 g/mol. The second-order valence-electron chi connectivity index (χ2n) is 8.45. The van der Waals surface area contributed by atoms with Gasteiger partial charge in [-0.05, 0) is 27.7 Å². The van der Waals surface area contributed by atoms with Crippen molar-refractivity contribution in [3.05, 3.63) is 11.4 Å². The lowest BCUT2D eigenvalue weighted by atomic mass is 9.82. The molecule has 2 aliphatic heterocycles. The van der Waals surface area contributed by atoms with Crippen molar-refractivity contribution in [3.8, 4) is 0 Å². The van der Waals surface area contributed by atoms with Gasteiger partial charge in [-0.1, -0.05) is 27.7 Å². The minimum absolute atomic E-state index is 0.0966. The fourth-order valence-corrected chi connectivity index (χ4v) is 7.23. The zero-order valence-electron chi connectivity index (χ0n) is 15.3. The van der Waals surface area contributed by atoms with Crippen LogP contribution in [-0.2, 0) is 9.73 Å². The average Bonchev–Trinajstić information content (AvgIpc) is 2.67. The number of nitrogens with zero attached hydrogens (tertiary/aromatic N) is 2. The molecule has 128 valence electrons. The summed E-state index contributed by atoms with van der Waals surface area (Å²) < 4.78 is 18.2. The van der Waals surface area contributed by atoms with Gasteiger partial charge in [0.15, 0.2) is 0 Å². The van der Waals surface area contributed by atoms with Crippen molar-refractivity contribution in [2.75, 3.05) is 11.5 Å². The van der Waals surface area contributed by atoms with Crippen LogP contribution < -0.4 is 11.0 Å². The van der Waals surface area contributed by atoms with Gasteiger partial charge in [-0.2, -0.15) is 0 Å². The van der Waals surface area contributed by atoms with Gasteiger partial charge < -0.3 is 5.43 Å². The summed E-state index contributed by atoms with van der Waals surface area (Å²) in [5, 5.41) is 2.18. The van der Waals surface area contributed by atoms with Crippen LogP contribution in [0.1, 0.15) is 55.4 Å². The molecule has 5 nitrogen and oxygen atoms in total.